The van der Waals surface area contributed by atoms with E-state index in [4.69, 9.17) is 9.47 Å². The van der Waals surface area contributed by atoms with Crippen LogP contribution in [0.5, 0.6) is 5.75 Å². The summed E-state index contributed by atoms with van der Waals surface area (Å²) in [7, 11) is 0. The molecule has 0 unspecified atom stereocenters. The second kappa shape index (κ2) is 3.98. The van der Waals surface area contributed by atoms with Crippen LogP contribution in [-0.4, -0.2) is 11.2 Å². The normalized spacial score (nSPS) is 35.5. The van der Waals surface area contributed by atoms with E-state index in [9.17, 15) is 5.26 Å². The molecule has 100 valence electrons. The van der Waals surface area contributed by atoms with E-state index < -0.39 is 5.60 Å². The minimum atomic E-state index is -0.679. The minimum Gasteiger partial charge on any atom is -0.487 e. The van der Waals surface area contributed by atoms with Crippen molar-refractivity contribution in [2.45, 2.75) is 50.9 Å². The first-order valence-corrected chi connectivity index (χ1v) is 6.82. The zero-order valence-electron chi connectivity index (χ0n) is 11.6. The van der Waals surface area contributed by atoms with Crippen LogP contribution in [0.3, 0.4) is 0 Å². The smallest absolute Gasteiger partial charge is 0.152 e. The van der Waals surface area contributed by atoms with Crippen LogP contribution in [0.25, 0.3) is 0 Å². The fraction of sp³-hybridized carbons (Fsp3) is 0.562. The van der Waals surface area contributed by atoms with E-state index in [1.165, 1.54) is 0 Å². The second-order valence-corrected chi connectivity index (χ2v) is 6.27. The molecule has 3 atom stereocenters. The Bertz CT molecular complexity index is 546. The van der Waals surface area contributed by atoms with Gasteiger partial charge in [-0.1, -0.05) is 18.2 Å². The molecule has 0 aromatic heterocycles. The van der Waals surface area contributed by atoms with Gasteiger partial charge in [-0.3, -0.25) is 0 Å². The van der Waals surface area contributed by atoms with E-state index in [1.54, 1.807) is 0 Å². The first-order chi connectivity index (χ1) is 8.95. The van der Waals surface area contributed by atoms with E-state index in [2.05, 4.69) is 19.9 Å². The quantitative estimate of drug-likeness (QED) is 0.713. The molecule has 0 bridgehead atoms. The summed E-state index contributed by atoms with van der Waals surface area (Å²) in [5.74, 6) is 1.18. The summed E-state index contributed by atoms with van der Waals surface area (Å²) in [4.78, 5) is 0. The molecule has 1 aromatic carbocycles. The van der Waals surface area contributed by atoms with E-state index >= 15 is 0 Å². The van der Waals surface area contributed by atoms with Gasteiger partial charge in [-0.05, 0) is 39.7 Å². The van der Waals surface area contributed by atoms with Crippen molar-refractivity contribution in [3.8, 4) is 11.8 Å². The van der Waals surface area contributed by atoms with Crippen molar-refractivity contribution >= 4 is 0 Å². The molecule has 19 heavy (non-hydrogen) atoms. The van der Waals surface area contributed by atoms with Gasteiger partial charge in [0.25, 0.3) is 0 Å². The first-order valence-electron chi connectivity index (χ1n) is 6.82. The Morgan fingerprint density at radius 1 is 1.26 bits per heavy atom. The summed E-state index contributed by atoms with van der Waals surface area (Å²) in [6, 6.07) is 10.3. The molecular formula is C16H19NO2. The zero-order valence-corrected chi connectivity index (χ0v) is 11.6. The minimum absolute atomic E-state index is 0.0432. The van der Waals surface area contributed by atoms with Crippen LogP contribution in [0.2, 0.25) is 0 Å². The molecule has 3 rings (SSSR count). The largest absolute Gasteiger partial charge is 0.487 e. The highest BCUT2D eigenvalue weighted by atomic mass is 16.5. The van der Waals surface area contributed by atoms with Gasteiger partial charge in [0.2, 0.25) is 0 Å². The maximum absolute atomic E-state index is 9.31. The molecule has 2 aliphatic rings. The van der Waals surface area contributed by atoms with Gasteiger partial charge in [0.05, 0.1) is 12.2 Å². The van der Waals surface area contributed by atoms with Crippen LogP contribution >= 0.6 is 0 Å². The molecule has 0 spiro atoms. The van der Waals surface area contributed by atoms with Crippen molar-refractivity contribution in [1.29, 1.82) is 5.26 Å². The lowest BCUT2D eigenvalue weighted by Gasteiger charge is -2.49. The molecule has 0 saturated carbocycles. The molecule has 1 saturated heterocycles. The standard InChI is InChI=1S/C16H19NO2/c1-15(2)12-8-9-16(3,10-17)19-14(12)11-6-4-5-7-13(11)18-15/h4-7,12,14H,8-9H2,1-3H3/t12-,14-,16+/m0/s1. The van der Waals surface area contributed by atoms with Crippen LogP contribution in [0, 0.1) is 17.2 Å². The molecule has 1 aromatic rings. The topological polar surface area (TPSA) is 42.2 Å². The molecule has 0 aliphatic carbocycles. The van der Waals surface area contributed by atoms with E-state index in [0.29, 0.717) is 5.92 Å². The summed E-state index contributed by atoms with van der Waals surface area (Å²) in [6.45, 7) is 6.10. The maximum atomic E-state index is 9.31. The highest BCUT2D eigenvalue weighted by Crippen LogP contribution is 2.52. The van der Waals surface area contributed by atoms with Crippen molar-refractivity contribution in [2.24, 2.45) is 5.92 Å². The molecule has 0 amide bonds. The SMILES string of the molecule is CC1(C)Oc2ccccc2[C@@H]2O[C@@](C)(C#N)CC[C@@H]21. The van der Waals surface area contributed by atoms with Gasteiger partial charge in [0.15, 0.2) is 5.60 Å². The van der Waals surface area contributed by atoms with Crippen LogP contribution in [-0.2, 0) is 4.74 Å². The van der Waals surface area contributed by atoms with E-state index in [1.807, 2.05) is 31.2 Å². The van der Waals surface area contributed by atoms with Crippen molar-refractivity contribution in [1.82, 2.24) is 0 Å². The summed E-state index contributed by atoms with van der Waals surface area (Å²) in [6.07, 6.45) is 1.67. The fourth-order valence-electron chi connectivity index (χ4n) is 3.25. The van der Waals surface area contributed by atoms with Gasteiger partial charge in [-0.15, -0.1) is 0 Å². The number of nitriles is 1. The van der Waals surface area contributed by atoms with E-state index in [0.717, 1.165) is 24.2 Å². The fourth-order valence-corrected chi connectivity index (χ4v) is 3.25. The lowest BCUT2D eigenvalue weighted by Crippen LogP contribution is -2.50. The van der Waals surface area contributed by atoms with Gasteiger partial charge in [0.1, 0.15) is 11.4 Å². The Labute approximate surface area is 114 Å². The molecule has 0 N–H and O–H groups in total. The number of nitrogens with zero attached hydrogens (tertiary/aromatic N) is 1. The summed E-state index contributed by atoms with van der Waals surface area (Å²) in [5.41, 5.74) is 0.144. The number of rotatable bonds is 0. The molecule has 2 aliphatic heterocycles. The van der Waals surface area contributed by atoms with Crippen molar-refractivity contribution in [2.75, 3.05) is 0 Å². The van der Waals surface area contributed by atoms with E-state index in [-0.39, 0.29) is 11.7 Å². The molecule has 3 nitrogen and oxygen atoms in total. The highest BCUT2D eigenvalue weighted by Gasteiger charge is 2.50. The number of para-hydroxylation sites is 1. The third kappa shape index (κ3) is 1.91. The van der Waals surface area contributed by atoms with Gasteiger partial charge in [-0.2, -0.15) is 5.26 Å². The predicted octanol–water partition coefficient (Wildman–Crippen LogP) is 3.61. The molecular weight excluding hydrogens is 238 g/mol. The molecule has 3 heteroatoms. The number of benzene rings is 1. The van der Waals surface area contributed by atoms with Gasteiger partial charge in [0, 0.05) is 11.5 Å². The van der Waals surface area contributed by atoms with Gasteiger partial charge in [-0.25, -0.2) is 0 Å². The average Bonchev–Trinajstić information content (AvgIpc) is 2.38. The lowest BCUT2D eigenvalue weighted by molar-refractivity contribution is -0.169. The van der Waals surface area contributed by atoms with Crippen molar-refractivity contribution < 1.29 is 9.47 Å². The molecule has 1 fully saturated rings. The zero-order chi connectivity index (χ0) is 13.7. The second-order valence-electron chi connectivity index (χ2n) is 6.27. The van der Waals surface area contributed by atoms with Crippen LogP contribution in [0.4, 0.5) is 0 Å². The van der Waals surface area contributed by atoms with Crippen molar-refractivity contribution in [3.63, 3.8) is 0 Å². The Morgan fingerprint density at radius 3 is 2.74 bits per heavy atom. The Morgan fingerprint density at radius 2 is 2.00 bits per heavy atom. The van der Waals surface area contributed by atoms with Gasteiger partial charge >= 0.3 is 0 Å². The van der Waals surface area contributed by atoms with Crippen LogP contribution < -0.4 is 4.74 Å². The van der Waals surface area contributed by atoms with Crippen molar-refractivity contribution in [3.05, 3.63) is 29.8 Å². The Kier molecular flexibility index (Phi) is 2.62. The average molecular weight is 257 g/mol. The number of hydrogen-bond acceptors (Lipinski definition) is 3. The maximum Gasteiger partial charge on any atom is 0.152 e. The number of fused-ring (bicyclic) bond motifs is 3. The number of ether oxygens (including phenoxy) is 2. The predicted molar refractivity (Wildman–Crippen MR) is 71.7 cm³/mol. The third-order valence-corrected chi connectivity index (χ3v) is 4.41. The summed E-state index contributed by atoms with van der Waals surface area (Å²) < 4.78 is 12.3. The Hall–Kier alpha value is -1.53. The first kappa shape index (κ1) is 12.5. The molecule has 2 heterocycles. The highest BCUT2D eigenvalue weighted by molar-refractivity contribution is 5.39. The summed E-state index contributed by atoms with van der Waals surface area (Å²) >= 11 is 0. The van der Waals surface area contributed by atoms with Crippen LogP contribution in [0.1, 0.15) is 45.3 Å². The van der Waals surface area contributed by atoms with Gasteiger partial charge < -0.3 is 9.47 Å². The number of hydrogen-bond donors (Lipinski definition) is 0. The summed E-state index contributed by atoms with van der Waals surface area (Å²) in [5, 5.41) is 9.31. The monoisotopic (exact) mass is 257 g/mol. The van der Waals surface area contributed by atoms with Crippen LogP contribution in [0.15, 0.2) is 24.3 Å². The third-order valence-electron chi connectivity index (χ3n) is 4.41. The molecule has 0 radical (unpaired) electrons. The Balaban J connectivity index is 2.06. The lowest BCUT2D eigenvalue weighted by atomic mass is 9.73.